The molecule has 2 unspecified atom stereocenters. The minimum atomic E-state index is -3.13. The molecular weight excluding hydrogens is 296 g/mol. The lowest BCUT2D eigenvalue weighted by Gasteiger charge is -2.20. The molecule has 0 aromatic heterocycles. The van der Waals surface area contributed by atoms with E-state index in [1.165, 1.54) is 25.5 Å². The number of nitrogens with zero attached hydrogens (tertiary/aromatic N) is 1. The number of rotatable bonds is 5. The Kier molecular flexibility index (Phi) is 4.36. The molecule has 116 valence electrons. The van der Waals surface area contributed by atoms with Gasteiger partial charge in [-0.25, -0.2) is 8.42 Å². The van der Waals surface area contributed by atoms with E-state index >= 15 is 0 Å². The molecular formula is C13H18N2O5S. The van der Waals surface area contributed by atoms with Crippen LogP contribution in [-0.2, 0) is 9.84 Å². The summed E-state index contributed by atoms with van der Waals surface area (Å²) >= 11 is 0. The molecule has 0 radical (unpaired) electrons. The average Bonchev–Trinajstić information content (AvgIpc) is 2.86. The van der Waals surface area contributed by atoms with Gasteiger partial charge in [-0.05, 0) is 31.4 Å². The predicted molar refractivity (Wildman–Crippen MR) is 79.5 cm³/mol. The van der Waals surface area contributed by atoms with Crippen LogP contribution in [0.1, 0.15) is 19.3 Å². The second-order valence-corrected chi connectivity index (χ2v) is 7.46. The molecule has 0 spiro atoms. The molecule has 1 aromatic carbocycles. The van der Waals surface area contributed by atoms with Crippen LogP contribution < -0.4 is 10.1 Å². The van der Waals surface area contributed by atoms with Crippen LogP contribution in [-0.4, -0.2) is 38.0 Å². The number of sulfone groups is 1. The summed E-state index contributed by atoms with van der Waals surface area (Å²) in [5.74, 6) is 0.177. The molecule has 1 saturated carbocycles. The quantitative estimate of drug-likeness (QED) is 0.659. The number of nitro groups is 1. The SMILES string of the molecule is COc1ccc(NC2CCCC2S(C)(=O)=O)cc1[N+](=O)[O-]. The number of benzene rings is 1. The van der Waals surface area contributed by atoms with E-state index in [2.05, 4.69) is 5.32 Å². The molecule has 0 bridgehead atoms. The van der Waals surface area contributed by atoms with Crippen LogP contribution in [0.2, 0.25) is 0 Å². The van der Waals surface area contributed by atoms with Crippen molar-refractivity contribution in [2.45, 2.75) is 30.6 Å². The Morgan fingerprint density at radius 3 is 2.67 bits per heavy atom. The van der Waals surface area contributed by atoms with Gasteiger partial charge in [0.2, 0.25) is 0 Å². The number of methoxy groups -OCH3 is 1. The molecule has 1 aliphatic carbocycles. The van der Waals surface area contributed by atoms with Crippen LogP contribution in [0.5, 0.6) is 5.75 Å². The van der Waals surface area contributed by atoms with Crippen molar-refractivity contribution in [2.24, 2.45) is 0 Å². The van der Waals surface area contributed by atoms with Crippen LogP contribution >= 0.6 is 0 Å². The monoisotopic (exact) mass is 314 g/mol. The summed E-state index contributed by atoms with van der Waals surface area (Å²) in [6.07, 6.45) is 3.41. The molecule has 0 amide bonds. The van der Waals surface area contributed by atoms with Crippen LogP contribution in [0.4, 0.5) is 11.4 Å². The number of hydrogen-bond acceptors (Lipinski definition) is 6. The Balaban J connectivity index is 2.24. The number of nitro benzene ring substituents is 1. The van der Waals surface area contributed by atoms with Gasteiger partial charge >= 0.3 is 5.69 Å². The maximum absolute atomic E-state index is 11.7. The van der Waals surface area contributed by atoms with Gasteiger partial charge in [-0.2, -0.15) is 0 Å². The van der Waals surface area contributed by atoms with E-state index in [0.717, 1.165) is 12.8 Å². The lowest BCUT2D eigenvalue weighted by Crippen LogP contribution is -2.34. The number of hydrogen-bond donors (Lipinski definition) is 1. The number of nitrogens with one attached hydrogen (secondary N) is 1. The van der Waals surface area contributed by atoms with E-state index in [1.54, 1.807) is 6.07 Å². The van der Waals surface area contributed by atoms with Crippen molar-refractivity contribution >= 4 is 21.2 Å². The van der Waals surface area contributed by atoms with Gasteiger partial charge in [0.1, 0.15) is 0 Å². The first-order valence-electron chi connectivity index (χ1n) is 6.60. The highest BCUT2D eigenvalue weighted by Crippen LogP contribution is 2.32. The van der Waals surface area contributed by atoms with E-state index in [-0.39, 0.29) is 17.5 Å². The minimum absolute atomic E-state index is 0.142. The third kappa shape index (κ3) is 3.44. The summed E-state index contributed by atoms with van der Waals surface area (Å²) in [7, 11) is -1.77. The molecule has 21 heavy (non-hydrogen) atoms. The highest BCUT2D eigenvalue weighted by atomic mass is 32.2. The molecule has 2 atom stereocenters. The molecule has 0 saturated heterocycles. The molecule has 8 heteroatoms. The van der Waals surface area contributed by atoms with Crippen molar-refractivity contribution in [3.63, 3.8) is 0 Å². The molecule has 0 aliphatic heterocycles. The van der Waals surface area contributed by atoms with Crippen molar-refractivity contribution in [1.29, 1.82) is 0 Å². The van der Waals surface area contributed by atoms with Gasteiger partial charge in [0.25, 0.3) is 0 Å². The van der Waals surface area contributed by atoms with E-state index in [9.17, 15) is 18.5 Å². The van der Waals surface area contributed by atoms with E-state index in [4.69, 9.17) is 4.74 Å². The van der Waals surface area contributed by atoms with E-state index < -0.39 is 20.0 Å². The Labute approximate surface area is 123 Å². The fourth-order valence-corrected chi connectivity index (χ4v) is 4.14. The molecule has 1 aromatic rings. The highest BCUT2D eigenvalue weighted by molar-refractivity contribution is 7.91. The van der Waals surface area contributed by atoms with Gasteiger partial charge in [-0.1, -0.05) is 0 Å². The molecule has 1 N–H and O–H groups in total. The summed E-state index contributed by atoms with van der Waals surface area (Å²) < 4.78 is 28.4. The molecule has 7 nitrogen and oxygen atoms in total. The summed E-state index contributed by atoms with van der Waals surface area (Å²) in [6.45, 7) is 0. The number of anilines is 1. The molecule has 1 fully saturated rings. The highest BCUT2D eigenvalue weighted by Gasteiger charge is 2.34. The van der Waals surface area contributed by atoms with E-state index in [1.807, 2.05) is 0 Å². The standard InChI is InChI=1S/C13H18N2O5S/c1-20-12-7-6-9(8-11(12)15(16)17)14-10-4-3-5-13(10)21(2,18)19/h6-8,10,13-14H,3-5H2,1-2H3. The zero-order chi connectivity index (χ0) is 15.6. The fourth-order valence-electron chi connectivity index (χ4n) is 2.74. The predicted octanol–water partition coefficient (Wildman–Crippen LogP) is 1.98. The molecule has 1 aliphatic rings. The Morgan fingerprint density at radius 2 is 2.10 bits per heavy atom. The third-order valence-corrected chi connectivity index (χ3v) is 5.39. The van der Waals surface area contributed by atoms with Gasteiger partial charge in [-0.3, -0.25) is 10.1 Å². The molecule has 0 heterocycles. The Bertz CT molecular complexity index is 644. The second kappa shape index (κ2) is 5.88. The Hall–Kier alpha value is -1.83. The molecule has 2 rings (SSSR count). The van der Waals surface area contributed by atoms with Gasteiger partial charge in [0.05, 0.1) is 17.3 Å². The van der Waals surface area contributed by atoms with Gasteiger partial charge in [-0.15, -0.1) is 0 Å². The maximum atomic E-state index is 11.7. The first-order valence-corrected chi connectivity index (χ1v) is 8.56. The summed E-state index contributed by atoms with van der Waals surface area (Å²) in [5.41, 5.74) is 0.388. The fraction of sp³-hybridized carbons (Fsp3) is 0.538. The normalized spacial score (nSPS) is 22.0. The smallest absolute Gasteiger partial charge is 0.312 e. The third-order valence-electron chi connectivity index (χ3n) is 3.73. The van der Waals surface area contributed by atoms with Crippen LogP contribution in [0.3, 0.4) is 0 Å². The van der Waals surface area contributed by atoms with Crippen molar-refractivity contribution in [2.75, 3.05) is 18.7 Å². The lowest BCUT2D eigenvalue weighted by molar-refractivity contribution is -0.385. The first-order chi connectivity index (χ1) is 9.82. The van der Waals surface area contributed by atoms with E-state index in [0.29, 0.717) is 12.1 Å². The minimum Gasteiger partial charge on any atom is -0.490 e. The maximum Gasteiger partial charge on any atom is 0.312 e. The van der Waals surface area contributed by atoms with Gasteiger partial charge in [0.15, 0.2) is 15.6 Å². The largest absolute Gasteiger partial charge is 0.490 e. The summed E-state index contributed by atoms with van der Waals surface area (Å²) in [5, 5.41) is 13.7. The first kappa shape index (κ1) is 15.6. The van der Waals surface area contributed by atoms with Gasteiger partial charge < -0.3 is 10.1 Å². The van der Waals surface area contributed by atoms with Crippen LogP contribution in [0.25, 0.3) is 0 Å². The zero-order valence-corrected chi connectivity index (χ0v) is 12.7. The average molecular weight is 314 g/mol. The number of ether oxygens (including phenoxy) is 1. The lowest BCUT2D eigenvalue weighted by atomic mass is 10.2. The summed E-state index contributed by atoms with van der Waals surface area (Å²) in [4.78, 5) is 10.5. The van der Waals surface area contributed by atoms with Crippen molar-refractivity contribution in [1.82, 2.24) is 0 Å². The van der Waals surface area contributed by atoms with Crippen molar-refractivity contribution in [3.8, 4) is 5.75 Å². The Morgan fingerprint density at radius 1 is 1.38 bits per heavy atom. The topological polar surface area (TPSA) is 98.5 Å². The zero-order valence-electron chi connectivity index (χ0n) is 11.9. The summed E-state index contributed by atoms with van der Waals surface area (Å²) in [6, 6.07) is 4.32. The van der Waals surface area contributed by atoms with Crippen LogP contribution in [0.15, 0.2) is 18.2 Å². The van der Waals surface area contributed by atoms with Crippen LogP contribution in [0, 0.1) is 10.1 Å². The second-order valence-electron chi connectivity index (χ2n) is 5.19. The van der Waals surface area contributed by atoms with Gasteiger partial charge in [0, 0.05) is 24.1 Å². The van der Waals surface area contributed by atoms with Crippen molar-refractivity contribution in [3.05, 3.63) is 28.3 Å². The van der Waals surface area contributed by atoms with Crippen molar-refractivity contribution < 1.29 is 18.1 Å².